The van der Waals surface area contributed by atoms with Crippen LogP contribution in [0.1, 0.15) is 50.5 Å². The van der Waals surface area contributed by atoms with Crippen molar-refractivity contribution in [3.05, 3.63) is 35.9 Å². The largest absolute Gasteiger partial charge is 0.342 e. The molecule has 2 atom stereocenters. The van der Waals surface area contributed by atoms with Crippen LogP contribution in [0.15, 0.2) is 30.3 Å². The summed E-state index contributed by atoms with van der Waals surface area (Å²) in [4.78, 5) is 29.2. The fraction of sp³-hybridized carbons (Fsp3) is 0.667. The van der Waals surface area contributed by atoms with Crippen LogP contribution in [-0.2, 0) is 16.0 Å². The number of rotatable bonds is 7. The van der Waals surface area contributed by atoms with E-state index in [9.17, 15) is 9.59 Å². The number of carbonyl (C=O) groups is 2. The summed E-state index contributed by atoms with van der Waals surface area (Å²) in [7, 11) is 0. The van der Waals surface area contributed by atoms with Crippen LogP contribution in [0.5, 0.6) is 0 Å². The van der Waals surface area contributed by atoms with Gasteiger partial charge in [-0.15, -0.1) is 0 Å². The van der Waals surface area contributed by atoms with Gasteiger partial charge in [-0.3, -0.25) is 9.59 Å². The van der Waals surface area contributed by atoms with Gasteiger partial charge in [0.15, 0.2) is 0 Å². The number of hydrogen-bond donors (Lipinski definition) is 1. The Morgan fingerprint density at radius 1 is 1.00 bits per heavy atom. The molecule has 5 heteroatoms. The van der Waals surface area contributed by atoms with Crippen molar-refractivity contribution in [2.75, 3.05) is 32.7 Å². The summed E-state index contributed by atoms with van der Waals surface area (Å²) in [5.74, 6) is 1.49. The highest BCUT2D eigenvalue weighted by molar-refractivity contribution is 5.79. The fourth-order valence-electron chi connectivity index (χ4n) is 5.87. The monoisotopic (exact) mass is 397 g/mol. The molecule has 2 saturated heterocycles. The zero-order valence-corrected chi connectivity index (χ0v) is 17.5. The number of likely N-dealkylation sites (tertiary alicyclic amines) is 2. The molecule has 29 heavy (non-hydrogen) atoms. The molecule has 2 unspecified atom stereocenters. The van der Waals surface area contributed by atoms with Crippen LogP contribution in [0.4, 0.5) is 0 Å². The first-order valence-electron chi connectivity index (χ1n) is 11.4. The topological polar surface area (TPSA) is 66.6 Å². The first-order valence-corrected chi connectivity index (χ1v) is 11.4. The molecule has 158 valence electrons. The van der Waals surface area contributed by atoms with Crippen LogP contribution in [-0.4, -0.2) is 54.3 Å². The van der Waals surface area contributed by atoms with Crippen LogP contribution in [0, 0.1) is 17.3 Å². The average molecular weight is 398 g/mol. The first kappa shape index (κ1) is 20.4. The minimum Gasteiger partial charge on any atom is -0.342 e. The summed E-state index contributed by atoms with van der Waals surface area (Å²) in [6.45, 7) is 3.16. The van der Waals surface area contributed by atoms with Crippen molar-refractivity contribution >= 4 is 11.8 Å². The van der Waals surface area contributed by atoms with Gasteiger partial charge in [-0.05, 0) is 30.7 Å². The van der Waals surface area contributed by atoms with Gasteiger partial charge < -0.3 is 15.5 Å². The molecule has 3 aliphatic rings. The molecule has 0 radical (unpaired) electrons. The van der Waals surface area contributed by atoms with E-state index >= 15 is 0 Å². The zero-order valence-electron chi connectivity index (χ0n) is 17.5. The van der Waals surface area contributed by atoms with Gasteiger partial charge in [0.1, 0.15) is 0 Å². The van der Waals surface area contributed by atoms with Gasteiger partial charge in [0.05, 0.1) is 6.54 Å². The Kier molecular flexibility index (Phi) is 6.23. The summed E-state index contributed by atoms with van der Waals surface area (Å²) in [6, 6.07) is 10.5. The number of aryl methyl sites for hydroxylation is 1. The fourth-order valence-corrected chi connectivity index (χ4v) is 5.87. The molecule has 2 N–H and O–H groups in total. The van der Waals surface area contributed by atoms with E-state index in [1.807, 2.05) is 11.0 Å². The molecule has 0 aromatic heterocycles. The quantitative estimate of drug-likeness (QED) is 0.769. The zero-order chi connectivity index (χ0) is 20.3. The smallest absolute Gasteiger partial charge is 0.236 e. The lowest BCUT2D eigenvalue weighted by atomic mass is 9.76. The van der Waals surface area contributed by atoms with Gasteiger partial charge in [-0.2, -0.15) is 0 Å². The Balaban J connectivity index is 1.41. The van der Waals surface area contributed by atoms with Crippen LogP contribution in [0.2, 0.25) is 0 Å². The molecular formula is C24H35N3O2. The lowest BCUT2D eigenvalue weighted by molar-refractivity contribution is -0.131. The number of benzene rings is 1. The molecule has 1 aromatic carbocycles. The Labute approximate surface area is 174 Å². The van der Waals surface area contributed by atoms with Gasteiger partial charge in [0, 0.05) is 43.9 Å². The molecule has 2 heterocycles. The number of carbonyl (C=O) groups excluding carboxylic acids is 2. The molecule has 1 saturated carbocycles. The van der Waals surface area contributed by atoms with E-state index in [0.717, 1.165) is 51.4 Å². The number of amides is 2. The molecule has 1 aliphatic carbocycles. The van der Waals surface area contributed by atoms with Gasteiger partial charge in [0.25, 0.3) is 0 Å². The predicted molar refractivity (Wildman–Crippen MR) is 114 cm³/mol. The van der Waals surface area contributed by atoms with E-state index in [4.69, 9.17) is 5.73 Å². The maximum absolute atomic E-state index is 12.9. The Hall–Kier alpha value is -1.88. The van der Waals surface area contributed by atoms with Gasteiger partial charge in [-0.25, -0.2) is 0 Å². The maximum atomic E-state index is 12.9. The van der Waals surface area contributed by atoms with E-state index in [2.05, 4.69) is 29.2 Å². The summed E-state index contributed by atoms with van der Waals surface area (Å²) in [5, 5.41) is 0. The summed E-state index contributed by atoms with van der Waals surface area (Å²) < 4.78 is 0. The predicted octanol–water partition coefficient (Wildman–Crippen LogP) is 2.84. The lowest BCUT2D eigenvalue weighted by Gasteiger charge is -2.29. The van der Waals surface area contributed by atoms with Gasteiger partial charge >= 0.3 is 0 Å². The van der Waals surface area contributed by atoms with Crippen LogP contribution in [0.3, 0.4) is 0 Å². The standard InChI is InChI=1S/C24H35N3O2/c25-14-23(29)27-16-21-15-26(22(28)11-10-19-8-4-5-9-19)17-24(21,18-27)13-12-20-6-2-1-3-7-20/h1-3,6-7,19,21H,4-5,8-18,25H2. The van der Waals surface area contributed by atoms with Crippen molar-refractivity contribution < 1.29 is 9.59 Å². The molecule has 0 bridgehead atoms. The Morgan fingerprint density at radius 3 is 2.31 bits per heavy atom. The lowest BCUT2D eigenvalue weighted by Crippen LogP contribution is -2.40. The second kappa shape index (κ2) is 8.86. The van der Waals surface area contributed by atoms with Crippen molar-refractivity contribution in [2.45, 2.75) is 51.4 Å². The number of nitrogens with two attached hydrogens (primary N) is 1. The van der Waals surface area contributed by atoms with Crippen LogP contribution >= 0.6 is 0 Å². The molecule has 2 aliphatic heterocycles. The Morgan fingerprint density at radius 2 is 1.66 bits per heavy atom. The summed E-state index contributed by atoms with van der Waals surface area (Å²) >= 11 is 0. The number of fused-ring (bicyclic) bond motifs is 1. The normalized spacial score (nSPS) is 26.9. The average Bonchev–Trinajstić information content (AvgIpc) is 3.45. The highest BCUT2D eigenvalue weighted by atomic mass is 16.2. The number of nitrogens with zero attached hydrogens (tertiary/aromatic N) is 2. The Bertz CT molecular complexity index is 716. The second-order valence-corrected chi connectivity index (χ2v) is 9.49. The van der Waals surface area contributed by atoms with E-state index in [1.54, 1.807) is 0 Å². The van der Waals surface area contributed by atoms with Crippen LogP contribution < -0.4 is 5.73 Å². The summed E-state index contributed by atoms with van der Waals surface area (Å²) in [6.07, 6.45) is 9.01. The molecule has 2 amide bonds. The van der Waals surface area contributed by atoms with Crippen molar-refractivity contribution in [1.82, 2.24) is 9.80 Å². The molecule has 5 nitrogen and oxygen atoms in total. The van der Waals surface area contributed by atoms with E-state index in [-0.39, 0.29) is 17.9 Å². The third-order valence-corrected chi connectivity index (χ3v) is 7.63. The van der Waals surface area contributed by atoms with Crippen molar-refractivity contribution in [1.29, 1.82) is 0 Å². The highest BCUT2D eigenvalue weighted by Gasteiger charge is 2.53. The molecule has 3 fully saturated rings. The SMILES string of the molecule is NCC(=O)N1CC2CN(C(=O)CCC3CCCC3)CC2(CCc2ccccc2)C1. The van der Waals surface area contributed by atoms with E-state index in [1.165, 1.54) is 31.2 Å². The highest BCUT2D eigenvalue weighted by Crippen LogP contribution is 2.46. The van der Waals surface area contributed by atoms with Gasteiger partial charge in [0.2, 0.25) is 11.8 Å². The molecule has 0 spiro atoms. The molecular weight excluding hydrogens is 362 g/mol. The molecule has 1 aromatic rings. The third kappa shape index (κ3) is 4.50. The van der Waals surface area contributed by atoms with Crippen molar-refractivity contribution in [2.24, 2.45) is 23.0 Å². The van der Waals surface area contributed by atoms with Crippen LogP contribution in [0.25, 0.3) is 0 Å². The van der Waals surface area contributed by atoms with Crippen molar-refractivity contribution in [3.63, 3.8) is 0 Å². The molecule has 4 rings (SSSR count). The minimum absolute atomic E-state index is 0.0175. The van der Waals surface area contributed by atoms with Gasteiger partial charge in [-0.1, -0.05) is 56.0 Å². The minimum atomic E-state index is 0.0175. The van der Waals surface area contributed by atoms with E-state index in [0.29, 0.717) is 18.2 Å². The first-order chi connectivity index (χ1) is 14.1. The number of hydrogen-bond acceptors (Lipinski definition) is 3. The second-order valence-electron chi connectivity index (χ2n) is 9.49. The summed E-state index contributed by atoms with van der Waals surface area (Å²) in [5.41, 5.74) is 6.98. The maximum Gasteiger partial charge on any atom is 0.236 e. The van der Waals surface area contributed by atoms with Crippen molar-refractivity contribution in [3.8, 4) is 0 Å². The third-order valence-electron chi connectivity index (χ3n) is 7.63. The van der Waals surface area contributed by atoms with E-state index < -0.39 is 0 Å².